The molecule has 6 nitrogen and oxygen atoms in total. The summed E-state index contributed by atoms with van der Waals surface area (Å²) in [5.41, 5.74) is 5.94. The zero-order valence-electron chi connectivity index (χ0n) is 18.9. The third-order valence-corrected chi connectivity index (χ3v) is 6.93. The molecule has 0 aliphatic carbocycles. The lowest BCUT2D eigenvalue weighted by Gasteiger charge is -2.37. The van der Waals surface area contributed by atoms with E-state index in [9.17, 15) is 17.7 Å². The summed E-state index contributed by atoms with van der Waals surface area (Å²) in [4.78, 5) is 10.8. The number of aryl methyl sites for hydroxylation is 1. The number of hydrogen-bond donors (Lipinski definition) is 2. The first kappa shape index (κ1) is 24.3. The lowest BCUT2D eigenvalue weighted by molar-refractivity contribution is -0.137. The van der Waals surface area contributed by atoms with Crippen LogP contribution in [-0.4, -0.2) is 33.1 Å². The van der Waals surface area contributed by atoms with Gasteiger partial charge in [-0.2, -0.15) is 22.9 Å². The van der Waals surface area contributed by atoms with Crippen LogP contribution in [0.5, 0.6) is 0 Å². The average molecular weight is 490 g/mol. The maximum absolute atomic E-state index is 13.7. The first-order valence-electron chi connectivity index (χ1n) is 10.9. The summed E-state index contributed by atoms with van der Waals surface area (Å²) in [5, 5.41) is 0.262. The standard InChI is InChI=1S/C24H26F3N5OS/c1-16-6-3-4-7-17(16)22-18(24(25,26)27)10-11-19(29-22)31-34(33)21-9-5-8-20(30-21)32-14-12-23(2,28)13-15-32/h3-11H,12-15,28H2,1-2H3,(H,29,31). The van der Waals surface area contributed by atoms with E-state index in [4.69, 9.17) is 5.73 Å². The number of nitrogens with two attached hydrogens (primary N) is 1. The third kappa shape index (κ3) is 5.45. The minimum Gasteiger partial charge on any atom is -0.587 e. The molecule has 4 rings (SSSR count). The molecule has 180 valence electrons. The predicted octanol–water partition coefficient (Wildman–Crippen LogP) is 4.92. The Balaban J connectivity index is 1.59. The molecular weight excluding hydrogens is 463 g/mol. The molecule has 0 spiro atoms. The van der Waals surface area contributed by atoms with Crippen molar-refractivity contribution in [3.63, 3.8) is 0 Å². The van der Waals surface area contributed by atoms with Crippen LogP contribution in [-0.2, 0) is 17.5 Å². The summed E-state index contributed by atoms with van der Waals surface area (Å²) in [6.45, 7) is 5.22. The summed E-state index contributed by atoms with van der Waals surface area (Å²) < 4.78 is 56.6. The van der Waals surface area contributed by atoms with Crippen molar-refractivity contribution in [2.75, 3.05) is 22.7 Å². The van der Waals surface area contributed by atoms with E-state index in [1.54, 1.807) is 43.3 Å². The first-order chi connectivity index (χ1) is 16.0. The topological polar surface area (TPSA) is 90.1 Å². The van der Waals surface area contributed by atoms with Gasteiger partial charge in [0.05, 0.1) is 11.3 Å². The number of halogens is 3. The number of benzene rings is 1. The molecule has 1 saturated heterocycles. The minimum absolute atomic E-state index is 0.0636. The smallest absolute Gasteiger partial charge is 0.418 e. The van der Waals surface area contributed by atoms with E-state index >= 15 is 0 Å². The molecule has 3 N–H and O–H groups in total. The molecule has 2 aromatic heterocycles. The fourth-order valence-electron chi connectivity index (χ4n) is 3.87. The van der Waals surface area contributed by atoms with Gasteiger partial charge in [0.1, 0.15) is 17.2 Å². The minimum atomic E-state index is -4.58. The van der Waals surface area contributed by atoms with Gasteiger partial charge in [-0.3, -0.25) is 0 Å². The highest BCUT2D eigenvalue weighted by Crippen LogP contribution is 2.38. The Hall–Kier alpha value is -2.82. The van der Waals surface area contributed by atoms with Gasteiger partial charge in [-0.25, -0.2) is 4.98 Å². The van der Waals surface area contributed by atoms with Gasteiger partial charge in [0.25, 0.3) is 5.03 Å². The molecule has 34 heavy (non-hydrogen) atoms. The molecule has 0 saturated carbocycles. The van der Waals surface area contributed by atoms with Gasteiger partial charge in [0, 0.05) is 30.3 Å². The SMILES string of the molecule is Cc1ccccc1-c1nc(N[S+]([O-])c2cccc(N3CCC(C)(N)CC3)n2)ccc1C(F)(F)F. The van der Waals surface area contributed by atoms with Crippen LogP contribution >= 0.6 is 0 Å². The van der Waals surface area contributed by atoms with Crippen molar-refractivity contribution in [1.29, 1.82) is 0 Å². The third-order valence-electron chi connectivity index (χ3n) is 5.93. The average Bonchev–Trinajstić information content (AvgIpc) is 2.78. The Kier molecular flexibility index (Phi) is 6.75. The molecule has 1 aliphatic rings. The molecule has 1 unspecified atom stereocenters. The van der Waals surface area contributed by atoms with Gasteiger partial charge < -0.3 is 15.2 Å². The van der Waals surface area contributed by atoms with Gasteiger partial charge in [-0.05, 0) is 50.5 Å². The second-order valence-electron chi connectivity index (χ2n) is 8.75. The van der Waals surface area contributed by atoms with E-state index in [1.807, 2.05) is 13.0 Å². The first-order valence-corrected chi connectivity index (χ1v) is 12.0. The van der Waals surface area contributed by atoms with E-state index in [2.05, 4.69) is 19.6 Å². The van der Waals surface area contributed by atoms with Crippen molar-refractivity contribution in [3.8, 4) is 11.3 Å². The van der Waals surface area contributed by atoms with Gasteiger partial charge >= 0.3 is 6.18 Å². The van der Waals surface area contributed by atoms with E-state index < -0.39 is 23.1 Å². The summed E-state index contributed by atoms with van der Waals surface area (Å²) in [5.74, 6) is 0.748. The van der Waals surface area contributed by atoms with Crippen LogP contribution in [0.3, 0.4) is 0 Å². The summed E-state index contributed by atoms with van der Waals surface area (Å²) in [6.07, 6.45) is -2.94. The van der Waals surface area contributed by atoms with E-state index in [0.717, 1.165) is 32.0 Å². The second kappa shape index (κ2) is 9.44. The number of rotatable bonds is 5. The van der Waals surface area contributed by atoms with Gasteiger partial charge in [0.15, 0.2) is 5.82 Å². The van der Waals surface area contributed by atoms with Crippen molar-refractivity contribution < 1.29 is 17.7 Å². The molecule has 1 fully saturated rings. The van der Waals surface area contributed by atoms with Crippen LogP contribution in [0.15, 0.2) is 59.6 Å². The summed E-state index contributed by atoms with van der Waals surface area (Å²) >= 11 is -1.82. The predicted molar refractivity (Wildman–Crippen MR) is 128 cm³/mol. The molecule has 0 amide bonds. The van der Waals surface area contributed by atoms with Crippen LogP contribution in [0, 0.1) is 6.92 Å². The number of piperidine rings is 1. The number of anilines is 2. The Morgan fingerprint density at radius 2 is 1.74 bits per heavy atom. The molecule has 10 heteroatoms. The molecule has 0 bridgehead atoms. The fourth-order valence-corrected chi connectivity index (χ4v) is 4.65. The maximum atomic E-state index is 13.7. The Labute approximate surface area is 199 Å². The van der Waals surface area contributed by atoms with Crippen LogP contribution in [0.1, 0.15) is 30.9 Å². The van der Waals surface area contributed by atoms with Gasteiger partial charge in [0.2, 0.25) is 0 Å². The largest absolute Gasteiger partial charge is 0.587 e. The number of alkyl halides is 3. The van der Waals surface area contributed by atoms with Crippen molar-refractivity contribution >= 4 is 23.0 Å². The highest BCUT2D eigenvalue weighted by atomic mass is 32.2. The van der Waals surface area contributed by atoms with Crippen LogP contribution in [0.25, 0.3) is 11.3 Å². The van der Waals surface area contributed by atoms with E-state index in [-0.39, 0.29) is 22.1 Å². The van der Waals surface area contributed by atoms with E-state index in [0.29, 0.717) is 16.9 Å². The number of pyridine rings is 2. The Morgan fingerprint density at radius 3 is 2.41 bits per heavy atom. The summed E-state index contributed by atoms with van der Waals surface area (Å²) in [6, 6.07) is 14.1. The fraction of sp³-hybridized carbons (Fsp3) is 0.333. The lowest BCUT2D eigenvalue weighted by atomic mass is 9.91. The Bertz CT molecular complexity index is 1160. The van der Waals surface area contributed by atoms with Gasteiger partial charge in [-0.15, -0.1) is 0 Å². The van der Waals surface area contributed by atoms with Crippen LogP contribution < -0.4 is 15.4 Å². The lowest BCUT2D eigenvalue weighted by Crippen LogP contribution is -2.48. The molecule has 1 atom stereocenters. The summed E-state index contributed by atoms with van der Waals surface area (Å²) in [7, 11) is 0. The molecule has 3 aromatic rings. The van der Waals surface area contributed by atoms with E-state index in [1.165, 1.54) is 6.07 Å². The molecular formula is C24H26F3N5OS. The number of nitrogens with zero attached hydrogens (tertiary/aromatic N) is 3. The van der Waals surface area contributed by atoms with Crippen LogP contribution in [0.4, 0.5) is 24.8 Å². The van der Waals surface area contributed by atoms with Crippen molar-refractivity contribution in [3.05, 3.63) is 65.7 Å². The number of hydrogen-bond acceptors (Lipinski definition) is 6. The molecule has 1 aromatic carbocycles. The normalized spacial score (nSPS) is 16.9. The van der Waals surface area contributed by atoms with Crippen molar-refractivity contribution in [2.24, 2.45) is 5.73 Å². The Morgan fingerprint density at radius 1 is 1.03 bits per heavy atom. The zero-order chi connectivity index (χ0) is 24.5. The van der Waals surface area contributed by atoms with Gasteiger partial charge in [-0.1, -0.05) is 30.3 Å². The van der Waals surface area contributed by atoms with Crippen molar-refractivity contribution in [2.45, 2.75) is 43.4 Å². The monoisotopic (exact) mass is 489 g/mol. The molecule has 3 heterocycles. The molecule has 0 radical (unpaired) electrons. The molecule has 1 aliphatic heterocycles. The maximum Gasteiger partial charge on any atom is 0.418 e. The number of nitrogens with one attached hydrogen (secondary N) is 1. The highest BCUT2D eigenvalue weighted by Gasteiger charge is 2.35. The van der Waals surface area contributed by atoms with Crippen LogP contribution in [0.2, 0.25) is 0 Å². The second-order valence-corrected chi connectivity index (χ2v) is 9.91. The highest BCUT2D eigenvalue weighted by molar-refractivity contribution is 7.92. The number of aromatic nitrogens is 2. The van der Waals surface area contributed by atoms with Crippen molar-refractivity contribution in [1.82, 2.24) is 9.97 Å². The zero-order valence-corrected chi connectivity index (χ0v) is 19.7. The quantitative estimate of drug-likeness (QED) is 0.495.